The van der Waals surface area contributed by atoms with E-state index in [0.717, 1.165) is 0 Å². The first kappa shape index (κ1) is 34.0. The summed E-state index contributed by atoms with van der Waals surface area (Å²) in [5.74, 6) is 0. The molecule has 0 atom stereocenters. The normalized spacial score (nSPS) is 12.7. The van der Waals surface area contributed by atoms with Crippen molar-refractivity contribution in [2.24, 2.45) is 0 Å². The molecule has 44 heavy (non-hydrogen) atoms. The Bertz CT molecular complexity index is 1370. The number of halogens is 4. The summed E-state index contributed by atoms with van der Waals surface area (Å²) in [4.78, 5) is 0. The fourth-order valence-corrected chi connectivity index (χ4v) is 37.4. The van der Waals surface area contributed by atoms with Crippen LogP contribution in [-0.2, 0) is 28.4 Å². The van der Waals surface area contributed by atoms with Gasteiger partial charge in [0, 0.05) is 0 Å². The summed E-state index contributed by atoms with van der Waals surface area (Å²) in [6.45, 7) is 0. The van der Waals surface area contributed by atoms with E-state index in [1.807, 2.05) is 36.4 Å². The van der Waals surface area contributed by atoms with Gasteiger partial charge in [0.15, 0.2) is 0 Å². The second-order valence-corrected chi connectivity index (χ2v) is 39.9. The summed E-state index contributed by atoms with van der Waals surface area (Å²) in [6, 6.07) is 63.2. The van der Waals surface area contributed by atoms with Crippen molar-refractivity contribution in [2.45, 2.75) is 0 Å². The Morgan fingerprint density at radius 3 is 0.500 bits per heavy atom. The van der Waals surface area contributed by atoms with Crippen LogP contribution in [0.5, 0.6) is 0 Å². The van der Waals surface area contributed by atoms with Crippen LogP contribution in [0.25, 0.3) is 0 Å². The van der Waals surface area contributed by atoms with E-state index in [1.165, 1.54) is 31.8 Å². The zero-order valence-electron chi connectivity index (χ0n) is 23.5. The van der Waals surface area contributed by atoms with Crippen LogP contribution in [0.15, 0.2) is 182 Å². The Balaban J connectivity index is 0.000000175. The van der Waals surface area contributed by atoms with Crippen LogP contribution < -0.4 is 31.8 Å². The van der Waals surface area contributed by atoms with Crippen molar-refractivity contribution in [3.05, 3.63) is 182 Å². The molecule has 0 fully saturated rings. The van der Waals surface area contributed by atoms with Crippen LogP contribution in [-0.4, -0.2) is 0 Å². The molecule has 0 aliphatic carbocycles. The molecule has 0 saturated carbocycles. The molecule has 0 nitrogen and oxygen atoms in total. The Morgan fingerprint density at radius 2 is 0.386 bits per heavy atom. The summed E-state index contributed by atoms with van der Waals surface area (Å²) in [7, 11) is 27.0. The summed E-state index contributed by atoms with van der Waals surface area (Å²) in [6.07, 6.45) is 0. The van der Waals surface area contributed by atoms with E-state index in [0.29, 0.717) is 0 Å². The molecule has 0 aliphatic heterocycles. The van der Waals surface area contributed by atoms with Gasteiger partial charge in [-0.1, -0.05) is 0 Å². The third-order valence-corrected chi connectivity index (χ3v) is 40.7. The predicted molar refractivity (Wildman–Crippen MR) is 196 cm³/mol. The van der Waals surface area contributed by atoms with Gasteiger partial charge in [-0.3, -0.25) is 0 Å². The van der Waals surface area contributed by atoms with Crippen molar-refractivity contribution in [1.29, 1.82) is 0 Å². The molecule has 6 rings (SSSR count). The van der Waals surface area contributed by atoms with Gasteiger partial charge in [0.2, 0.25) is 0 Å². The third-order valence-electron chi connectivity index (χ3n) is 7.28. The predicted octanol–water partition coefficient (Wildman–Crippen LogP) is 9.11. The van der Waals surface area contributed by atoms with Gasteiger partial charge in [0.05, 0.1) is 0 Å². The van der Waals surface area contributed by atoms with E-state index < -0.39 is 39.3 Å². The van der Waals surface area contributed by atoms with Gasteiger partial charge >= 0.3 is 291 Å². The molecule has 6 aromatic carbocycles. The van der Waals surface area contributed by atoms with Crippen LogP contribution in [0.2, 0.25) is 0 Å². The fourth-order valence-electron chi connectivity index (χ4n) is 5.36. The Morgan fingerprint density at radius 1 is 0.250 bits per heavy atom. The number of hydrogen-bond donors (Lipinski definition) is 0. The van der Waals surface area contributed by atoms with E-state index in [1.54, 1.807) is 0 Å². The molecule has 0 radical (unpaired) electrons. The van der Waals surface area contributed by atoms with Gasteiger partial charge in [-0.2, -0.15) is 0 Å². The first-order valence-corrected chi connectivity index (χ1v) is 30.1. The molecule has 0 heterocycles. The van der Waals surface area contributed by atoms with Gasteiger partial charge < -0.3 is 0 Å². The average molecular weight is 881 g/mol. The molecular formula is C36H32Cl4P2Pd2. The summed E-state index contributed by atoms with van der Waals surface area (Å²) in [5.41, 5.74) is -4.71. The molecule has 0 saturated heterocycles. The third kappa shape index (κ3) is 7.14. The maximum absolute atomic E-state index is 6.75. The molecule has 0 aliphatic rings. The van der Waals surface area contributed by atoms with Gasteiger partial charge in [-0.05, 0) is 0 Å². The second-order valence-electron chi connectivity index (χ2n) is 9.75. The topological polar surface area (TPSA) is 0 Å². The molecule has 0 unspecified atom stereocenters. The molecule has 0 aromatic heterocycles. The Labute approximate surface area is 288 Å². The quantitative estimate of drug-likeness (QED) is 0.106. The molecule has 6 aromatic rings. The van der Waals surface area contributed by atoms with E-state index in [9.17, 15) is 0 Å². The van der Waals surface area contributed by atoms with Crippen molar-refractivity contribution in [2.75, 3.05) is 0 Å². The fraction of sp³-hybridized carbons (Fsp3) is 0. The second kappa shape index (κ2) is 16.5. The standard InChI is InChI=1S/2C18H15P.4ClH.2Pd/c2*1-4-10-16(11-5-1)19(17-12-6-2-7-13-17)18-14-8-3-9-15-18;;;;;;/h2*1-15H;4*1H;;/q;;;;;;2*+1/p-2. The van der Waals surface area contributed by atoms with Gasteiger partial charge in [0.25, 0.3) is 0 Å². The number of hydrogen-bond acceptors (Lipinski definition) is 0. The van der Waals surface area contributed by atoms with Crippen molar-refractivity contribution in [3.8, 4) is 0 Å². The first-order valence-electron chi connectivity index (χ1n) is 13.8. The average Bonchev–Trinajstić information content (AvgIpc) is 3.08. The van der Waals surface area contributed by atoms with Gasteiger partial charge in [0.1, 0.15) is 0 Å². The van der Waals surface area contributed by atoms with E-state index in [4.69, 9.17) is 38.1 Å². The SMILES string of the molecule is [Cl][Pd]([Cl])[PH](c1ccccc1)(c1ccccc1)c1ccccc1.[Cl][Pd]([Cl])[PH](c1ccccc1)(c1ccccc1)c1ccccc1. The molecule has 0 amide bonds. The van der Waals surface area contributed by atoms with Crippen LogP contribution >= 0.6 is 49.0 Å². The molecule has 0 bridgehead atoms. The molecular weight excluding hydrogens is 849 g/mol. The van der Waals surface area contributed by atoms with Crippen molar-refractivity contribution < 1.29 is 28.4 Å². The van der Waals surface area contributed by atoms with Crippen LogP contribution in [0.4, 0.5) is 0 Å². The van der Waals surface area contributed by atoms with Gasteiger partial charge in [-0.15, -0.1) is 0 Å². The molecule has 234 valence electrons. The van der Waals surface area contributed by atoms with Crippen LogP contribution in [0.1, 0.15) is 0 Å². The minimum atomic E-state index is -2.35. The minimum absolute atomic E-state index is 1.28. The van der Waals surface area contributed by atoms with Crippen molar-refractivity contribution >= 4 is 80.8 Å². The van der Waals surface area contributed by atoms with Crippen LogP contribution in [0.3, 0.4) is 0 Å². The Kier molecular flexibility index (Phi) is 12.7. The van der Waals surface area contributed by atoms with Gasteiger partial charge in [-0.25, -0.2) is 0 Å². The maximum atomic E-state index is 6.75. The van der Waals surface area contributed by atoms with E-state index in [2.05, 4.69) is 146 Å². The molecule has 0 spiro atoms. The number of benzene rings is 6. The molecule has 8 heteroatoms. The summed E-state index contributed by atoms with van der Waals surface area (Å²) >= 11 is -3.54. The van der Waals surface area contributed by atoms with E-state index in [-0.39, 0.29) is 0 Å². The molecule has 0 N–H and O–H groups in total. The first-order chi connectivity index (χ1) is 21.5. The summed E-state index contributed by atoms with van der Waals surface area (Å²) < 4.78 is 0. The van der Waals surface area contributed by atoms with E-state index >= 15 is 0 Å². The number of rotatable bonds is 8. The van der Waals surface area contributed by atoms with Crippen LogP contribution in [0, 0.1) is 0 Å². The van der Waals surface area contributed by atoms with Crippen molar-refractivity contribution in [3.63, 3.8) is 0 Å². The monoisotopic (exact) mass is 878 g/mol. The zero-order chi connectivity index (χ0) is 30.8. The Hall–Kier alpha value is -1.34. The van der Waals surface area contributed by atoms with Crippen molar-refractivity contribution in [1.82, 2.24) is 0 Å². The summed E-state index contributed by atoms with van der Waals surface area (Å²) in [5, 5.41) is 7.66. The zero-order valence-corrected chi connectivity index (χ0v) is 31.6.